The van der Waals surface area contributed by atoms with Gasteiger partial charge in [0.15, 0.2) is 0 Å². The Morgan fingerprint density at radius 3 is 2.72 bits per heavy atom. The number of hydrogen-bond acceptors (Lipinski definition) is 1. The van der Waals surface area contributed by atoms with Gasteiger partial charge in [0.1, 0.15) is 5.82 Å². The number of H-pyrrole nitrogens is 1. The molecule has 0 fully saturated rings. The molecule has 90 valence electrons. The zero-order chi connectivity index (χ0) is 12.9. The molecule has 0 saturated heterocycles. The zero-order valence-electron chi connectivity index (χ0n) is 9.62. The summed E-state index contributed by atoms with van der Waals surface area (Å²) in [5.74, 6) is -1.31. The van der Waals surface area contributed by atoms with Gasteiger partial charge >= 0.3 is 5.97 Å². The summed E-state index contributed by atoms with van der Waals surface area (Å²) in [4.78, 5) is 13.9. The molecule has 2 aromatic carbocycles. The van der Waals surface area contributed by atoms with Crippen LogP contribution in [0.25, 0.3) is 21.8 Å². The maximum absolute atomic E-state index is 13.8. The monoisotopic (exact) mass is 243 g/mol. The summed E-state index contributed by atoms with van der Waals surface area (Å²) in [6, 6.07) is 8.03. The number of rotatable bonds is 1. The Hall–Kier alpha value is -2.36. The third kappa shape index (κ3) is 1.46. The Morgan fingerprint density at radius 2 is 2.00 bits per heavy atom. The summed E-state index contributed by atoms with van der Waals surface area (Å²) < 4.78 is 13.8. The molecular formula is C14H10FNO2. The van der Waals surface area contributed by atoms with Gasteiger partial charge in [-0.05, 0) is 42.8 Å². The number of carboxylic acids is 1. The van der Waals surface area contributed by atoms with Crippen molar-refractivity contribution in [3.63, 3.8) is 0 Å². The quantitative estimate of drug-likeness (QED) is 0.687. The number of carbonyl (C=O) groups is 1. The fraction of sp³-hybridized carbons (Fsp3) is 0.0714. The van der Waals surface area contributed by atoms with Gasteiger partial charge in [-0.15, -0.1) is 0 Å². The van der Waals surface area contributed by atoms with Crippen LogP contribution in [0.1, 0.15) is 15.9 Å². The maximum Gasteiger partial charge on any atom is 0.335 e. The van der Waals surface area contributed by atoms with Gasteiger partial charge in [-0.3, -0.25) is 0 Å². The Balaban J connectivity index is 2.47. The van der Waals surface area contributed by atoms with Crippen molar-refractivity contribution < 1.29 is 14.3 Å². The van der Waals surface area contributed by atoms with Crippen LogP contribution in [0.5, 0.6) is 0 Å². The van der Waals surface area contributed by atoms with Crippen LogP contribution < -0.4 is 0 Å². The van der Waals surface area contributed by atoms with Gasteiger partial charge in [-0.25, -0.2) is 9.18 Å². The van der Waals surface area contributed by atoms with Crippen LogP contribution in [0.4, 0.5) is 4.39 Å². The predicted octanol–water partition coefficient (Wildman–Crippen LogP) is 3.47. The summed E-state index contributed by atoms with van der Waals surface area (Å²) in [5, 5.41) is 10.4. The van der Waals surface area contributed by atoms with E-state index in [1.165, 1.54) is 12.1 Å². The highest BCUT2D eigenvalue weighted by atomic mass is 19.1. The van der Waals surface area contributed by atoms with E-state index in [4.69, 9.17) is 5.11 Å². The zero-order valence-corrected chi connectivity index (χ0v) is 9.62. The van der Waals surface area contributed by atoms with Gasteiger partial charge in [-0.2, -0.15) is 0 Å². The third-order valence-electron chi connectivity index (χ3n) is 3.05. The SMILES string of the molecule is Cc1cc(F)c2[nH]c3ccc(C(=O)O)cc3c2c1. The van der Waals surface area contributed by atoms with Crippen molar-refractivity contribution in [2.75, 3.05) is 0 Å². The number of aromatic carboxylic acids is 1. The van der Waals surface area contributed by atoms with Gasteiger partial charge in [0.05, 0.1) is 11.1 Å². The highest BCUT2D eigenvalue weighted by Gasteiger charge is 2.11. The fourth-order valence-corrected chi connectivity index (χ4v) is 2.23. The van der Waals surface area contributed by atoms with Crippen LogP contribution >= 0.6 is 0 Å². The lowest BCUT2D eigenvalue weighted by Crippen LogP contribution is -1.94. The molecule has 0 aliphatic carbocycles. The van der Waals surface area contributed by atoms with E-state index in [-0.39, 0.29) is 11.4 Å². The normalized spacial score (nSPS) is 11.2. The summed E-state index contributed by atoms with van der Waals surface area (Å²) >= 11 is 0. The first kappa shape index (κ1) is 10.8. The molecule has 0 atom stereocenters. The Kier molecular flexibility index (Phi) is 2.13. The number of aryl methyl sites for hydroxylation is 1. The molecule has 18 heavy (non-hydrogen) atoms. The minimum Gasteiger partial charge on any atom is -0.478 e. The average molecular weight is 243 g/mol. The number of nitrogens with one attached hydrogen (secondary N) is 1. The second kappa shape index (κ2) is 3.57. The minimum absolute atomic E-state index is 0.199. The Morgan fingerprint density at radius 1 is 1.22 bits per heavy atom. The summed E-state index contributed by atoms with van der Waals surface area (Å²) in [6.45, 7) is 1.81. The topological polar surface area (TPSA) is 53.1 Å². The van der Waals surface area contributed by atoms with Gasteiger partial charge in [-0.1, -0.05) is 0 Å². The second-order valence-corrected chi connectivity index (χ2v) is 4.36. The van der Waals surface area contributed by atoms with E-state index < -0.39 is 5.97 Å². The molecule has 4 heteroatoms. The lowest BCUT2D eigenvalue weighted by molar-refractivity contribution is 0.0697. The van der Waals surface area contributed by atoms with Crippen LogP contribution in [-0.4, -0.2) is 16.1 Å². The van der Waals surface area contributed by atoms with Crippen molar-refractivity contribution >= 4 is 27.8 Å². The highest BCUT2D eigenvalue weighted by Crippen LogP contribution is 2.29. The van der Waals surface area contributed by atoms with Gasteiger partial charge < -0.3 is 10.1 Å². The van der Waals surface area contributed by atoms with E-state index in [9.17, 15) is 9.18 Å². The van der Waals surface area contributed by atoms with Crippen LogP contribution in [0.2, 0.25) is 0 Å². The molecule has 1 heterocycles. The number of aromatic nitrogens is 1. The standard InChI is InChI=1S/C14H10FNO2/c1-7-4-10-9-6-8(14(17)18)2-3-12(9)16-13(10)11(15)5-7/h2-6,16H,1H3,(H,17,18). The van der Waals surface area contributed by atoms with Crippen molar-refractivity contribution in [1.82, 2.24) is 4.98 Å². The minimum atomic E-state index is -0.987. The largest absolute Gasteiger partial charge is 0.478 e. The van der Waals surface area contributed by atoms with Crippen LogP contribution in [0.15, 0.2) is 30.3 Å². The smallest absolute Gasteiger partial charge is 0.335 e. The van der Waals surface area contributed by atoms with Crippen LogP contribution in [0, 0.1) is 12.7 Å². The van der Waals surface area contributed by atoms with E-state index in [2.05, 4.69) is 4.98 Å². The van der Waals surface area contributed by atoms with E-state index in [0.29, 0.717) is 10.9 Å². The van der Waals surface area contributed by atoms with Crippen LogP contribution in [-0.2, 0) is 0 Å². The highest BCUT2D eigenvalue weighted by molar-refractivity contribution is 6.09. The first-order chi connectivity index (χ1) is 8.56. The van der Waals surface area contributed by atoms with E-state index >= 15 is 0 Å². The molecule has 0 radical (unpaired) electrons. The van der Waals surface area contributed by atoms with Crippen molar-refractivity contribution in [1.29, 1.82) is 0 Å². The maximum atomic E-state index is 13.8. The first-order valence-electron chi connectivity index (χ1n) is 5.51. The fourth-order valence-electron chi connectivity index (χ4n) is 2.23. The Bertz CT molecular complexity index is 789. The molecule has 0 amide bonds. The lowest BCUT2D eigenvalue weighted by atomic mass is 10.1. The molecule has 0 spiro atoms. The van der Waals surface area contributed by atoms with Crippen molar-refractivity contribution in [2.24, 2.45) is 0 Å². The van der Waals surface area contributed by atoms with Gasteiger partial charge in [0.2, 0.25) is 0 Å². The van der Waals surface area contributed by atoms with E-state index in [1.54, 1.807) is 12.1 Å². The number of halogens is 1. The summed E-state index contributed by atoms with van der Waals surface area (Å²) in [6.07, 6.45) is 0. The van der Waals surface area contributed by atoms with Crippen molar-refractivity contribution in [2.45, 2.75) is 6.92 Å². The molecule has 3 aromatic rings. The van der Waals surface area contributed by atoms with Crippen molar-refractivity contribution in [3.05, 3.63) is 47.3 Å². The summed E-state index contributed by atoms with van der Waals surface area (Å²) in [7, 11) is 0. The third-order valence-corrected chi connectivity index (χ3v) is 3.05. The first-order valence-corrected chi connectivity index (χ1v) is 5.51. The molecule has 0 saturated carbocycles. The number of benzene rings is 2. The molecule has 2 N–H and O–H groups in total. The molecule has 0 bridgehead atoms. The van der Waals surface area contributed by atoms with Gasteiger partial charge in [0, 0.05) is 16.3 Å². The number of carboxylic acid groups (broad SMARTS) is 1. The van der Waals surface area contributed by atoms with Crippen molar-refractivity contribution in [3.8, 4) is 0 Å². The number of fused-ring (bicyclic) bond motifs is 3. The predicted molar refractivity (Wildman–Crippen MR) is 67.5 cm³/mol. The average Bonchev–Trinajstić information content (AvgIpc) is 2.67. The number of hydrogen-bond donors (Lipinski definition) is 2. The molecule has 3 nitrogen and oxygen atoms in total. The van der Waals surface area contributed by atoms with Gasteiger partial charge in [0.25, 0.3) is 0 Å². The summed E-state index contributed by atoms with van der Waals surface area (Å²) in [5.41, 5.74) is 2.16. The van der Waals surface area contributed by atoms with E-state index in [1.807, 2.05) is 13.0 Å². The molecular weight excluding hydrogens is 233 g/mol. The Labute approximate surface area is 102 Å². The second-order valence-electron chi connectivity index (χ2n) is 4.36. The molecule has 0 aliphatic heterocycles. The molecule has 0 unspecified atom stereocenters. The molecule has 3 rings (SSSR count). The lowest BCUT2D eigenvalue weighted by Gasteiger charge is -1.97. The van der Waals surface area contributed by atoms with E-state index in [0.717, 1.165) is 16.5 Å². The molecule has 1 aromatic heterocycles. The number of aromatic amines is 1. The molecule has 0 aliphatic rings. The van der Waals surface area contributed by atoms with Crippen LogP contribution in [0.3, 0.4) is 0 Å².